The minimum Gasteiger partial charge on any atom is -0.366 e. The smallest absolute Gasteiger partial charge is 0.240 e. The van der Waals surface area contributed by atoms with Gasteiger partial charge in [-0.15, -0.1) is 10.2 Å². The number of benzene rings is 1. The maximum Gasteiger partial charge on any atom is 0.240 e. The van der Waals surface area contributed by atoms with Crippen LogP contribution in [0.4, 0.5) is 11.8 Å². The minimum atomic E-state index is 0.224. The van der Waals surface area contributed by atoms with Crippen LogP contribution in [0.5, 0.6) is 0 Å². The van der Waals surface area contributed by atoms with Crippen LogP contribution >= 0.6 is 0 Å². The predicted molar refractivity (Wildman–Crippen MR) is 86.5 cm³/mol. The van der Waals surface area contributed by atoms with Crippen LogP contribution in [-0.4, -0.2) is 52.3 Å². The molecule has 2 saturated heterocycles. The molecule has 4 rings (SSSR count). The quantitative estimate of drug-likeness (QED) is 0.903. The Bertz CT molecular complexity index is 659. The Kier molecular flexibility index (Phi) is 3.38. The molecule has 2 N–H and O–H groups in total. The number of anilines is 2. The van der Waals surface area contributed by atoms with Crippen molar-refractivity contribution in [1.82, 2.24) is 20.1 Å². The molecule has 0 spiro atoms. The van der Waals surface area contributed by atoms with Crippen molar-refractivity contribution < 1.29 is 0 Å². The Morgan fingerprint density at radius 3 is 2.77 bits per heavy atom. The molecule has 2 aliphatic heterocycles. The topological polar surface area (TPSA) is 71.2 Å². The highest BCUT2D eigenvalue weighted by Gasteiger charge is 2.32. The van der Waals surface area contributed by atoms with Crippen LogP contribution in [0.1, 0.15) is 12.8 Å². The number of nitrogens with two attached hydrogens (primary N) is 1. The Labute approximate surface area is 130 Å². The summed E-state index contributed by atoms with van der Waals surface area (Å²) in [7, 11) is 0. The van der Waals surface area contributed by atoms with E-state index in [2.05, 4.69) is 25.0 Å². The molecule has 1 aromatic carbocycles. The standard InChI is InChI=1S/C16H20N6/c17-16-18-14(12-5-2-1-3-6-12)15(19-20-16)22-10-9-21-8-4-7-13(21)11-22/h1-3,5-6,13H,4,7-11H2,(H2,17,18,20). The number of aromatic nitrogens is 3. The number of hydrogen-bond acceptors (Lipinski definition) is 6. The molecular weight excluding hydrogens is 276 g/mol. The van der Waals surface area contributed by atoms with Gasteiger partial charge in [-0.25, -0.2) is 4.98 Å². The number of nitrogens with zero attached hydrogens (tertiary/aromatic N) is 5. The maximum absolute atomic E-state index is 5.77. The molecule has 2 fully saturated rings. The second-order valence-corrected chi connectivity index (χ2v) is 5.99. The van der Waals surface area contributed by atoms with Crippen molar-refractivity contribution >= 4 is 11.8 Å². The summed E-state index contributed by atoms with van der Waals surface area (Å²) in [5.74, 6) is 1.08. The molecule has 2 aromatic rings. The molecule has 22 heavy (non-hydrogen) atoms. The lowest BCUT2D eigenvalue weighted by Crippen LogP contribution is -2.50. The molecule has 6 nitrogen and oxygen atoms in total. The summed E-state index contributed by atoms with van der Waals surface area (Å²) in [6, 6.07) is 10.7. The van der Waals surface area contributed by atoms with E-state index >= 15 is 0 Å². The lowest BCUT2D eigenvalue weighted by atomic mass is 10.1. The van der Waals surface area contributed by atoms with Gasteiger partial charge < -0.3 is 10.6 Å². The third-order valence-electron chi connectivity index (χ3n) is 4.62. The Morgan fingerprint density at radius 2 is 1.91 bits per heavy atom. The monoisotopic (exact) mass is 296 g/mol. The van der Waals surface area contributed by atoms with E-state index in [0.29, 0.717) is 6.04 Å². The van der Waals surface area contributed by atoms with Crippen molar-refractivity contribution in [2.45, 2.75) is 18.9 Å². The van der Waals surface area contributed by atoms with Crippen LogP contribution in [0.3, 0.4) is 0 Å². The average molecular weight is 296 g/mol. The Balaban J connectivity index is 1.69. The van der Waals surface area contributed by atoms with Crippen LogP contribution in [-0.2, 0) is 0 Å². The molecule has 0 saturated carbocycles. The first-order valence-electron chi connectivity index (χ1n) is 7.86. The molecule has 1 unspecified atom stereocenters. The highest BCUT2D eigenvalue weighted by Crippen LogP contribution is 2.30. The van der Waals surface area contributed by atoms with Gasteiger partial charge in [-0.2, -0.15) is 0 Å². The van der Waals surface area contributed by atoms with E-state index in [-0.39, 0.29) is 5.95 Å². The van der Waals surface area contributed by atoms with Gasteiger partial charge in [-0.1, -0.05) is 30.3 Å². The third kappa shape index (κ3) is 2.39. The van der Waals surface area contributed by atoms with E-state index in [1.165, 1.54) is 19.4 Å². The molecule has 0 bridgehead atoms. The van der Waals surface area contributed by atoms with Crippen molar-refractivity contribution in [2.24, 2.45) is 0 Å². The van der Waals surface area contributed by atoms with Crippen LogP contribution in [0.25, 0.3) is 11.3 Å². The lowest BCUT2D eigenvalue weighted by molar-refractivity contribution is 0.230. The summed E-state index contributed by atoms with van der Waals surface area (Å²) in [6.07, 6.45) is 2.57. The van der Waals surface area contributed by atoms with Crippen LogP contribution in [0.15, 0.2) is 30.3 Å². The molecule has 1 atom stereocenters. The second-order valence-electron chi connectivity index (χ2n) is 5.99. The summed E-state index contributed by atoms with van der Waals surface area (Å²) in [4.78, 5) is 9.35. The van der Waals surface area contributed by atoms with Gasteiger partial charge in [0.2, 0.25) is 5.95 Å². The van der Waals surface area contributed by atoms with Gasteiger partial charge in [0, 0.05) is 31.2 Å². The largest absolute Gasteiger partial charge is 0.366 e. The predicted octanol–water partition coefficient (Wildman–Crippen LogP) is 1.41. The Hall–Kier alpha value is -2.21. The first-order chi connectivity index (χ1) is 10.8. The molecule has 0 amide bonds. The van der Waals surface area contributed by atoms with Gasteiger partial charge in [0.1, 0.15) is 5.69 Å². The number of rotatable bonds is 2. The molecule has 2 aliphatic rings. The highest BCUT2D eigenvalue weighted by molar-refractivity contribution is 5.72. The van der Waals surface area contributed by atoms with Crippen molar-refractivity contribution in [2.75, 3.05) is 36.8 Å². The fourth-order valence-corrected chi connectivity index (χ4v) is 3.52. The van der Waals surface area contributed by atoms with Crippen LogP contribution < -0.4 is 10.6 Å². The van der Waals surface area contributed by atoms with Crippen molar-refractivity contribution in [3.8, 4) is 11.3 Å². The fourth-order valence-electron chi connectivity index (χ4n) is 3.52. The normalized spacial score (nSPS) is 21.8. The van der Waals surface area contributed by atoms with E-state index in [4.69, 9.17) is 5.73 Å². The molecule has 0 aliphatic carbocycles. The molecular formula is C16H20N6. The first-order valence-corrected chi connectivity index (χ1v) is 7.86. The van der Waals surface area contributed by atoms with Gasteiger partial charge >= 0.3 is 0 Å². The SMILES string of the molecule is Nc1nnc(N2CCN3CCCC3C2)c(-c2ccccc2)n1. The van der Waals surface area contributed by atoms with Gasteiger partial charge in [0.15, 0.2) is 5.82 Å². The molecule has 3 heterocycles. The molecule has 1 aromatic heterocycles. The van der Waals surface area contributed by atoms with Crippen LogP contribution in [0.2, 0.25) is 0 Å². The van der Waals surface area contributed by atoms with Gasteiger partial charge in [-0.3, -0.25) is 4.90 Å². The lowest BCUT2D eigenvalue weighted by Gasteiger charge is -2.38. The zero-order chi connectivity index (χ0) is 14.9. The maximum atomic E-state index is 5.77. The van der Waals surface area contributed by atoms with E-state index in [0.717, 1.165) is 36.7 Å². The molecule has 0 radical (unpaired) electrons. The number of fused-ring (bicyclic) bond motifs is 1. The van der Waals surface area contributed by atoms with E-state index in [9.17, 15) is 0 Å². The molecule has 6 heteroatoms. The third-order valence-corrected chi connectivity index (χ3v) is 4.62. The van der Waals surface area contributed by atoms with E-state index in [1.54, 1.807) is 0 Å². The van der Waals surface area contributed by atoms with Crippen LogP contribution in [0, 0.1) is 0 Å². The summed E-state index contributed by atoms with van der Waals surface area (Å²) < 4.78 is 0. The summed E-state index contributed by atoms with van der Waals surface area (Å²) >= 11 is 0. The van der Waals surface area contributed by atoms with Crippen molar-refractivity contribution in [3.63, 3.8) is 0 Å². The number of piperazine rings is 1. The van der Waals surface area contributed by atoms with Gasteiger partial charge in [0.25, 0.3) is 0 Å². The summed E-state index contributed by atoms with van der Waals surface area (Å²) in [6.45, 7) is 4.29. The van der Waals surface area contributed by atoms with Crippen molar-refractivity contribution in [3.05, 3.63) is 30.3 Å². The van der Waals surface area contributed by atoms with E-state index in [1.807, 2.05) is 30.3 Å². The van der Waals surface area contributed by atoms with E-state index < -0.39 is 0 Å². The van der Waals surface area contributed by atoms with Gasteiger partial charge in [-0.05, 0) is 19.4 Å². The zero-order valence-corrected chi connectivity index (χ0v) is 12.5. The number of hydrogen-bond donors (Lipinski definition) is 1. The van der Waals surface area contributed by atoms with Crippen molar-refractivity contribution in [1.29, 1.82) is 0 Å². The second kappa shape index (κ2) is 5.53. The fraction of sp³-hybridized carbons (Fsp3) is 0.438. The first kappa shape index (κ1) is 13.5. The highest BCUT2D eigenvalue weighted by atomic mass is 15.4. The number of nitrogen functional groups attached to an aromatic ring is 1. The average Bonchev–Trinajstić information content (AvgIpc) is 3.03. The minimum absolute atomic E-state index is 0.224. The molecule has 114 valence electrons. The summed E-state index contributed by atoms with van der Waals surface area (Å²) in [5, 5.41) is 8.35. The summed E-state index contributed by atoms with van der Waals surface area (Å²) in [5.41, 5.74) is 7.64. The Morgan fingerprint density at radius 1 is 1.05 bits per heavy atom. The zero-order valence-electron chi connectivity index (χ0n) is 12.5. The van der Waals surface area contributed by atoms with Gasteiger partial charge in [0.05, 0.1) is 0 Å².